The Hall–Kier alpha value is -2.84. The Labute approximate surface area is 107 Å². The fraction of sp³-hybridized carbons (Fsp3) is 0.200. The first kappa shape index (κ1) is 12.6. The van der Waals surface area contributed by atoms with Crippen LogP contribution in [-0.2, 0) is 17.9 Å². The van der Waals surface area contributed by atoms with E-state index in [1.165, 1.54) is 29.3 Å². The molecule has 0 aliphatic rings. The molecule has 0 bridgehead atoms. The zero-order valence-electron chi connectivity index (χ0n) is 9.72. The molecule has 0 aliphatic heterocycles. The van der Waals surface area contributed by atoms with E-state index in [0.717, 1.165) is 0 Å². The van der Waals surface area contributed by atoms with E-state index in [0.29, 0.717) is 5.69 Å². The molecule has 9 heteroatoms. The van der Waals surface area contributed by atoms with Crippen LogP contribution < -0.4 is 5.32 Å². The fourth-order valence-corrected chi connectivity index (χ4v) is 1.35. The van der Waals surface area contributed by atoms with Crippen molar-refractivity contribution in [3.63, 3.8) is 0 Å². The summed E-state index contributed by atoms with van der Waals surface area (Å²) < 4.78 is 1.27. The average Bonchev–Trinajstić information content (AvgIpc) is 2.89. The van der Waals surface area contributed by atoms with Gasteiger partial charge in [-0.25, -0.2) is 9.48 Å². The maximum Gasteiger partial charge on any atom is 0.335 e. The van der Waals surface area contributed by atoms with Crippen molar-refractivity contribution in [2.24, 2.45) is 0 Å². The lowest BCUT2D eigenvalue weighted by molar-refractivity contribution is -0.122. The smallest absolute Gasteiger partial charge is 0.335 e. The molecule has 2 N–H and O–H groups in total. The van der Waals surface area contributed by atoms with Gasteiger partial charge in [-0.3, -0.25) is 9.78 Å². The maximum absolute atomic E-state index is 11.5. The predicted molar refractivity (Wildman–Crippen MR) is 60.9 cm³/mol. The molecular weight excluding hydrogens is 252 g/mol. The summed E-state index contributed by atoms with van der Waals surface area (Å²) in [5.41, 5.74) is 0.588. The van der Waals surface area contributed by atoms with Crippen molar-refractivity contribution < 1.29 is 14.7 Å². The zero-order chi connectivity index (χ0) is 13.7. The summed E-state index contributed by atoms with van der Waals surface area (Å²) >= 11 is 0. The predicted octanol–water partition coefficient (Wildman–Crippen LogP) is -0.917. The van der Waals surface area contributed by atoms with E-state index < -0.39 is 5.97 Å². The molecule has 0 aromatic carbocycles. The molecule has 2 rings (SSSR count). The van der Waals surface area contributed by atoms with Crippen LogP contribution in [0.25, 0.3) is 0 Å². The number of rotatable bonds is 5. The number of hydrogen-bond acceptors (Lipinski definition) is 6. The normalized spacial score (nSPS) is 10.1. The number of aromatic carboxylic acids is 1. The second kappa shape index (κ2) is 5.67. The van der Waals surface area contributed by atoms with Crippen molar-refractivity contribution in [2.75, 3.05) is 0 Å². The monoisotopic (exact) mass is 262 g/mol. The maximum atomic E-state index is 11.5. The Kier molecular flexibility index (Phi) is 3.76. The average molecular weight is 262 g/mol. The lowest BCUT2D eigenvalue weighted by Crippen LogP contribution is -2.27. The molecule has 1 amide bonds. The first-order chi connectivity index (χ1) is 9.15. The number of nitrogens with one attached hydrogen (secondary N) is 1. The van der Waals surface area contributed by atoms with Gasteiger partial charge in [0, 0.05) is 6.20 Å². The van der Waals surface area contributed by atoms with E-state index >= 15 is 0 Å². The topological polar surface area (TPSA) is 123 Å². The number of amides is 1. The van der Waals surface area contributed by atoms with Gasteiger partial charge in [0.15, 0.2) is 0 Å². The third kappa shape index (κ3) is 3.56. The van der Waals surface area contributed by atoms with Crippen LogP contribution in [0.3, 0.4) is 0 Å². The highest BCUT2D eigenvalue weighted by molar-refractivity contribution is 5.87. The number of tetrazole rings is 1. The van der Waals surface area contributed by atoms with Crippen LogP contribution in [0.15, 0.2) is 24.7 Å². The molecule has 19 heavy (non-hydrogen) atoms. The van der Waals surface area contributed by atoms with Gasteiger partial charge in [0.2, 0.25) is 5.91 Å². The van der Waals surface area contributed by atoms with Crippen LogP contribution in [0.4, 0.5) is 0 Å². The molecule has 0 radical (unpaired) electrons. The van der Waals surface area contributed by atoms with Gasteiger partial charge >= 0.3 is 5.97 Å². The first-order valence-electron chi connectivity index (χ1n) is 5.31. The summed E-state index contributed by atoms with van der Waals surface area (Å²) in [6, 6.07) is 2.79. The molecule has 0 fully saturated rings. The van der Waals surface area contributed by atoms with E-state index in [2.05, 4.69) is 25.8 Å². The second-order valence-electron chi connectivity index (χ2n) is 3.63. The van der Waals surface area contributed by atoms with Gasteiger partial charge in [-0.05, 0) is 22.6 Å². The number of carbonyl (C=O) groups excluding carboxylic acids is 1. The van der Waals surface area contributed by atoms with Crippen LogP contribution in [0.1, 0.15) is 16.1 Å². The Balaban J connectivity index is 1.89. The molecular formula is C10H10N6O3. The summed E-state index contributed by atoms with van der Waals surface area (Å²) in [6.45, 7) is 0.133. The SMILES string of the molecule is O=C(Cn1cnnn1)NCc1cc(C(=O)O)ccn1. The number of aromatic nitrogens is 5. The Morgan fingerprint density at radius 2 is 2.26 bits per heavy atom. The van der Waals surface area contributed by atoms with Crippen molar-refractivity contribution in [3.05, 3.63) is 35.9 Å². The van der Waals surface area contributed by atoms with Crippen molar-refractivity contribution in [3.8, 4) is 0 Å². The molecule has 2 aromatic heterocycles. The van der Waals surface area contributed by atoms with Crippen molar-refractivity contribution >= 4 is 11.9 Å². The number of carboxylic acids is 1. The lowest BCUT2D eigenvalue weighted by atomic mass is 10.2. The number of carboxylic acid groups (broad SMARTS) is 1. The van der Waals surface area contributed by atoms with E-state index in [1.54, 1.807) is 0 Å². The summed E-state index contributed by atoms with van der Waals surface area (Å²) in [7, 11) is 0. The van der Waals surface area contributed by atoms with Gasteiger partial charge in [0.1, 0.15) is 12.9 Å². The van der Waals surface area contributed by atoms with E-state index in [1.807, 2.05) is 0 Å². The third-order valence-corrected chi connectivity index (χ3v) is 2.23. The number of pyridine rings is 1. The highest BCUT2D eigenvalue weighted by atomic mass is 16.4. The zero-order valence-corrected chi connectivity index (χ0v) is 9.72. The summed E-state index contributed by atoms with van der Waals surface area (Å²) in [5.74, 6) is -1.33. The van der Waals surface area contributed by atoms with Crippen LogP contribution in [0.5, 0.6) is 0 Å². The van der Waals surface area contributed by atoms with Crippen LogP contribution in [0, 0.1) is 0 Å². The summed E-state index contributed by atoms with van der Waals surface area (Å²) in [6.07, 6.45) is 2.70. The minimum Gasteiger partial charge on any atom is -0.478 e. The van der Waals surface area contributed by atoms with Gasteiger partial charge < -0.3 is 10.4 Å². The van der Waals surface area contributed by atoms with Gasteiger partial charge in [0.05, 0.1) is 17.8 Å². The Morgan fingerprint density at radius 3 is 2.95 bits per heavy atom. The van der Waals surface area contributed by atoms with Crippen LogP contribution in [-0.4, -0.2) is 42.2 Å². The molecule has 9 nitrogen and oxygen atoms in total. The molecule has 0 aliphatic carbocycles. The van der Waals surface area contributed by atoms with E-state index in [9.17, 15) is 9.59 Å². The van der Waals surface area contributed by atoms with Gasteiger partial charge in [-0.2, -0.15) is 0 Å². The van der Waals surface area contributed by atoms with E-state index in [-0.39, 0.29) is 24.6 Å². The molecule has 0 saturated carbocycles. The molecule has 2 heterocycles. The fourth-order valence-electron chi connectivity index (χ4n) is 1.35. The minimum absolute atomic E-state index is 0.00831. The largest absolute Gasteiger partial charge is 0.478 e. The number of carbonyl (C=O) groups is 2. The minimum atomic E-state index is -1.04. The standard InChI is InChI=1S/C10H10N6O3/c17-9(5-16-6-13-14-15-16)12-4-8-3-7(10(18)19)1-2-11-8/h1-3,6H,4-5H2,(H,12,17)(H,18,19). The molecule has 0 saturated heterocycles. The molecule has 0 atom stereocenters. The lowest BCUT2D eigenvalue weighted by Gasteiger charge is -2.04. The van der Waals surface area contributed by atoms with Crippen molar-refractivity contribution in [2.45, 2.75) is 13.1 Å². The second-order valence-corrected chi connectivity index (χ2v) is 3.63. The number of nitrogens with zero attached hydrogens (tertiary/aromatic N) is 5. The quantitative estimate of drug-likeness (QED) is 0.714. The van der Waals surface area contributed by atoms with Crippen molar-refractivity contribution in [1.82, 2.24) is 30.5 Å². The Morgan fingerprint density at radius 1 is 1.42 bits per heavy atom. The molecule has 0 spiro atoms. The highest BCUT2D eigenvalue weighted by Crippen LogP contribution is 2.01. The first-order valence-corrected chi connectivity index (χ1v) is 5.31. The molecule has 2 aromatic rings. The van der Waals surface area contributed by atoms with E-state index in [4.69, 9.17) is 5.11 Å². The van der Waals surface area contributed by atoms with Crippen LogP contribution >= 0.6 is 0 Å². The van der Waals surface area contributed by atoms with Gasteiger partial charge in [-0.15, -0.1) is 5.10 Å². The summed E-state index contributed by atoms with van der Waals surface area (Å²) in [5, 5.41) is 21.8. The highest BCUT2D eigenvalue weighted by Gasteiger charge is 2.07. The number of hydrogen-bond donors (Lipinski definition) is 2. The van der Waals surface area contributed by atoms with Crippen LogP contribution in [0.2, 0.25) is 0 Å². The van der Waals surface area contributed by atoms with Gasteiger partial charge in [0.25, 0.3) is 0 Å². The summed E-state index contributed by atoms with van der Waals surface area (Å²) in [4.78, 5) is 26.3. The van der Waals surface area contributed by atoms with Crippen molar-refractivity contribution in [1.29, 1.82) is 0 Å². The van der Waals surface area contributed by atoms with Gasteiger partial charge in [-0.1, -0.05) is 0 Å². The molecule has 0 unspecified atom stereocenters. The third-order valence-electron chi connectivity index (χ3n) is 2.23. The Bertz CT molecular complexity index is 583. The molecule has 98 valence electrons.